The Balaban J connectivity index is 1.86. The number of halogens is 2. The summed E-state index contributed by atoms with van der Waals surface area (Å²) in [5.41, 5.74) is -0.857. The van der Waals surface area contributed by atoms with Gasteiger partial charge < -0.3 is 0 Å². The van der Waals surface area contributed by atoms with Gasteiger partial charge in [-0.05, 0) is 30.5 Å². The summed E-state index contributed by atoms with van der Waals surface area (Å²) in [7, 11) is 0. The molecule has 1 aromatic rings. The first kappa shape index (κ1) is 12.7. The molecular weight excluding hydrogens is 270 g/mol. The van der Waals surface area contributed by atoms with Crippen LogP contribution in [0.2, 0.25) is 0 Å². The van der Waals surface area contributed by atoms with Gasteiger partial charge in [-0.2, -0.15) is 0 Å². The molecule has 1 aliphatic heterocycles. The number of hydrogen-bond acceptors (Lipinski definition) is 3. The van der Waals surface area contributed by atoms with Crippen LogP contribution in [0.1, 0.15) is 18.4 Å². The molecule has 7 heteroatoms. The Morgan fingerprint density at radius 3 is 2.45 bits per heavy atom. The van der Waals surface area contributed by atoms with Gasteiger partial charge in [0.05, 0.1) is 6.54 Å². The monoisotopic (exact) mass is 280 g/mol. The van der Waals surface area contributed by atoms with Gasteiger partial charge in [0.1, 0.15) is 5.41 Å². The summed E-state index contributed by atoms with van der Waals surface area (Å²) in [4.78, 5) is 36.3. The third-order valence-electron chi connectivity index (χ3n) is 3.63. The Bertz CT molecular complexity index is 641. The number of rotatable bonds is 2. The Hall–Kier alpha value is -2.31. The number of carbonyl (C=O) groups is 3. The van der Waals surface area contributed by atoms with Crippen molar-refractivity contribution >= 4 is 17.8 Å². The highest BCUT2D eigenvalue weighted by Crippen LogP contribution is 2.49. The van der Waals surface area contributed by atoms with Gasteiger partial charge in [-0.15, -0.1) is 0 Å². The van der Waals surface area contributed by atoms with Gasteiger partial charge in [0, 0.05) is 0 Å². The highest BCUT2D eigenvalue weighted by atomic mass is 19.2. The molecule has 0 bridgehead atoms. The van der Waals surface area contributed by atoms with Crippen LogP contribution < -0.4 is 5.32 Å². The number of hydrogen-bond donors (Lipinski definition) is 1. The number of imide groups is 2. The van der Waals surface area contributed by atoms with Gasteiger partial charge in [0.15, 0.2) is 11.6 Å². The van der Waals surface area contributed by atoms with Crippen molar-refractivity contribution in [3.05, 3.63) is 35.4 Å². The average molecular weight is 280 g/mol. The number of nitrogens with zero attached hydrogens (tertiary/aromatic N) is 1. The number of urea groups is 1. The van der Waals surface area contributed by atoms with Crippen LogP contribution in [0.15, 0.2) is 18.2 Å². The van der Waals surface area contributed by atoms with Crippen LogP contribution in [0.3, 0.4) is 0 Å². The second-order valence-corrected chi connectivity index (χ2v) is 4.98. The van der Waals surface area contributed by atoms with E-state index < -0.39 is 34.9 Å². The zero-order chi connectivity index (χ0) is 14.5. The number of carbonyl (C=O) groups excluding carboxylic acids is 3. The highest BCUT2D eigenvalue weighted by Gasteiger charge is 2.62. The minimum atomic E-state index is -1.13. The SMILES string of the molecule is O=C1NC(=O)C2(CC2)C(=O)N1Cc1ccc(F)c(F)c1. The zero-order valence-electron chi connectivity index (χ0n) is 10.3. The van der Waals surface area contributed by atoms with E-state index in [2.05, 4.69) is 5.32 Å². The molecule has 2 fully saturated rings. The van der Waals surface area contributed by atoms with Gasteiger partial charge in [-0.1, -0.05) is 6.07 Å². The third-order valence-corrected chi connectivity index (χ3v) is 3.63. The maximum absolute atomic E-state index is 13.1. The lowest BCUT2D eigenvalue weighted by atomic mass is 10.0. The van der Waals surface area contributed by atoms with Crippen LogP contribution in [0, 0.1) is 17.0 Å². The van der Waals surface area contributed by atoms with Crippen molar-refractivity contribution in [1.82, 2.24) is 10.2 Å². The molecule has 1 saturated carbocycles. The number of amides is 4. The molecule has 0 aromatic heterocycles. The fourth-order valence-corrected chi connectivity index (χ4v) is 2.26. The van der Waals surface area contributed by atoms with Crippen molar-refractivity contribution in [3.8, 4) is 0 Å². The van der Waals surface area contributed by atoms with E-state index in [0.29, 0.717) is 12.8 Å². The smallest absolute Gasteiger partial charge is 0.277 e. The summed E-state index contributed by atoms with van der Waals surface area (Å²) in [6, 6.07) is 2.30. The van der Waals surface area contributed by atoms with Crippen molar-refractivity contribution in [2.45, 2.75) is 19.4 Å². The lowest BCUT2D eigenvalue weighted by molar-refractivity contribution is -0.145. The molecule has 0 radical (unpaired) electrons. The fraction of sp³-hybridized carbons (Fsp3) is 0.308. The lowest BCUT2D eigenvalue weighted by Crippen LogP contribution is -2.58. The quantitative estimate of drug-likeness (QED) is 0.831. The Morgan fingerprint density at radius 1 is 1.15 bits per heavy atom. The number of barbiturate groups is 1. The van der Waals surface area contributed by atoms with Crippen molar-refractivity contribution in [2.24, 2.45) is 5.41 Å². The van der Waals surface area contributed by atoms with Crippen LogP contribution >= 0.6 is 0 Å². The van der Waals surface area contributed by atoms with Gasteiger partial charge in [-0.25, -0.2) is 13.6 Å². The van der Waals surface area contributed by atoms with Crippen LogP contribution in [-0.2, 0) is 16.1 Å². The minimum absolute atomic E-state index is 0.198. The summed E-state index contributed by atoms with van der Waals surface area (Å²) in [5, 5.41) is 2.12. The van der Waals surface area contributed by atoms with Gasteiger partial charge in [-0.3, -0.25) is 19.8 Å². The van der Waals surface area contributed by atoms with Gasteiger partial charge in [0.25, 0.3) is 0 Å². The number of benzene rings is 1. The molecule has 2 aliphatic rings. The average Bonchev–Trinajstić information content (AvgIpc) is 3.19. The van der Waals surface area contributed by atoms with Crippen molar-refractivity contribution in [1.29, 1.82) is 0 Å². The lowest BCUT2D eigenvalue weighted by Gasteiger charge is -2.30. The highest BCUT2D eigenvalue weighted by molar-refractivity contribution is 6.20. The molecule has 1 aromatic carbocycles. The zero-order valence-corrected chi connectivity index (χ0v) is 10.3. The molecule has 104 valence electrons. The molecule has 4 amide bonds. The van der Waals surface area contributed by atoms with E-state index in [1.165, 1.54) is 6.07 Å². The predicted molar refractivity (Wildman–Crippen MR) is 62.1 cm³/mol. The van der Waals surface area contributed by atoms with E-state index in [1.54, 1.807) is 0 Å². The topological polar surface area (TPSA) is 66.5 Å². The van der Waals surface area contributed by atoms with Crippen molar-refractivity contribution in [2.75, 3.05) is 0 Å². The number of nitrogens with one attached hydrogen (secondary N) is 1. The Kier molecular flexibility index (Phi) is 2.60. The molecule has 1 heterocycles. The standard InChI is InChI=1S/C13H10F2N2O3/c14-8-2-1-7(5-9(8)15)6-17-11(19)13(3-4-13)10(18)16-12(17)20/h1-2,5H,3-4,6H2,(H,16,18,20). The van der Waals surface area contributed by atoms with Crippen LogP contribution in [0.5, 0.6) is 0 Å². The summed E-state index contributed by atoms with van der Waals surface area (Å²) in [6.07, 6.45) is 0.804. The van der Waals surface area contributed by atoms with Crippen LogP contribution in [0.25, 0.3) is 0 Å². The molecule has 1 spiro atoms. The molecule has 5 nitrogen and oxygen atoms in total. The first-order valence-corrected chi connectivity index (χ1v) is 6.05. The molecule has 20 heavy (non-hydrogen) atoms. The fourth-order valence-electron chi connectivity index (χ4n) is 2.26. The summed E-state index contributed by atoms with van der Waals surface area (Å²) < 4.78 is 26.0. The summed E-state index contributed by atoms with van der Waals surface area (Å²) >= 11 is 0. The maximum atomic E-state index is 13.1. The second kappa shape index (κ2) is 4.09. The molecule has 0 atom stereocenters. The minimum Gasteiger partial charge on any atom is -0.277 e. The van der Waals surface area contributed by atoms with Crippen molar-refractivity contribution < 1.29 is 23.2 Å². The van der Waals surface area contributed by atoms with Crippen LogP contribution in [0.4, 0.5) is 13.6 Å². The summed E-state index contributed by atoms with van der Waals surface area (Å²) in [5.74, 6) is -3.20. The Labute approximate surface area is 112 Å². The molecular formula is C13H10F2N2O3. The first-order chi connectivity index (χ1) is 9.44. The van der Waals surface area contributed by atoms with E-state index in [4.69, 9.17) is 0 Å². The van der Waals surface area contributed by atoms with E-state index in [0.717, 1.165) is 17.0 Å². The molecule has 3 rings (SSSR count). The largest absolute Gasteiger partial charge is 0.331 e. The molecule has 1 aliphatic carbocycles. The van der Waals surface area contributed by atoms with E-state index in [-0.39, 0.29) is 12.1 Å². The second-order valence-electron chi connectivity index (χ2n) is 4.98. The van der Waals surface area contributed by atoms with Gasteiger partial charge >= 0.3 is 6.03 Å². The van der Waals surface area contributed by atoms with Gasteiger partial charge in [0.2, 0.25) is 11.8 Å². The van der Waals surface area contributed by atoms with Crippen LogP contribution in [-0.4, -0.2) is 22.7 Å². The summed E-state index contributed by atoms with van der Waals surface area (Å²) in [6.45, 7) is -0.198. The predicted octanol–water partition coefficient (Wildman–Crippen LogP) is 1.32. The molecule has 1 saturated heterocycles. The molecule has 0 unspecified atom stereocenters. The van der Waals surface area contributed by atoms with E-state index in [9.17, 15) is 23.2 Å². The van der Waals surface area contributed by atoms with E-state index in [1.807, 2.05) is 0 Å². The van der Waals surface area contributed by atoms with Crippen molar-refractivity contribution in [3.63, 3.8) is 0 Å². The molecule has 1 N–H and O–H groups in total. The normalized spacial score (nSPS) is 20.3. The first-order valence-electron chi connectivity index (χ1n) is 6.05. The van der Waals surface area contributed by atoms with E-state index >= 15 is 0 Å². The maximum Gasteiger partial charge on any atom is 0.331 e. The Morgan fingerprint density at radius 2 is 1.85 bits per heavy atom. The third kappa shape index (κ3) is 1.77.